The second kappa shape index (κ2) is 9.29. The second-order valence-corrected chi connectivity index (χ2v) is 7.07. The summed E-state index contributed by atoms with van der Waals surface area (Å²) in [5, 5.41) is 13.5. The quantitative estimate of drug-likeness (QED) is 0.605. The van der Waals surface area contributed by atoms with Crippen molar-refractivity contribution < 1.29 is 19.1 Å². The number of nitrogens with one attached hydrogen (secondary N) is 2. The number of aromatic nitrogens is 3. The van der Waals surface area contributed by atoms with Crippen molar-refractivity contribution >= 4 is 23.2 Å². The maximum atomic E-state index is 12.6. The van der Waals surface area contributed by atoms with E-state index in [1.807, 2.05) is 32.0 Å². The zero-order chi connectivity index (χ0) is 22.5. The van der Waals surface area contributed by atoms with Gasteiger partial charge < -0.3 is 20.1 Å². The molecule has 9 heteroatoms. The van der Waals surface area contributed by atoms with Gasteiger partial charge in [-0.05, 0) is 44.5 Å². The van der Waals surface area contributed by atoms with E-state index in [9.17, 15) is 9.59 Å². The number of anilines is 2. The van der Waals surface area contributed by atoms with Gasteiger partial charge in [0.1, 0.15) is 6.54 Å². The fourth-order valence-electron chi connectivity index (χ4n) is 3.11. The van der Waals surface area contributed by atoms with Gasteiger partial charge in [0.25, 0.3) is 5.91 Å². The van der Waals surface area contributed by atoms with E-state index in [1.165, 1.54) is 18.9 Å². The number of rotatable bonds is 7. The molecule has 2 aromatic carbocycles. The number of nitrogens with zero attached hydrogens (tertiary/aromatic N) is 3. The highest BCUT2D eigenvalue weighted by atomic mass is 16.5. The minimum absolute atomic E-state index is 0.0932. The highest BCUT2D eigenvalue weighted by molar-refractivity contribution is 6.04. The van der Waals surface area contributed by atoms with E-state index in [2.05, 4.69) is 20.9 Å². The zero-order valence-corrected chi connectivity index (χ0v) is 18.1. The fourth-order valence-corrected chi connectivity index (χ4v) is 3.11. The lowest BCUT2D eigenvalue weighted by atomic mass is 10.1. The van der Waals surface area contributed by atoms with Crippen LogP contribution in [0.4, 0.5) is 11.4 Å². The molecular formula is C22H25N5O4. The van der Waals surface area contributed by atoms with Gasteiger partial charge in [-0.25, -0.2) is 4.68 Å². The predicted molar refractivity (Wildman–Crippen MR) is 117 cm³/mol. The van der Waals surface area contributed by atoms with Crippen LogP contribution in [0.1, 0.15) is 27.3 Å². The molecule has 3 rings (SSSR count). The van der Waals surface area contributed by atoms with Gasteiger partial charge in [-0.3, -0.25) is 9.59 Å². The van der Waals surface area contributed by atoms with Crippen LogP contribution in [0.5, 0.6) is 11.5 Å². The molecule has 0 saturated heterocycles. The topological polar surface area (TPSA) is 107 Å². The second-order valence-electron chi connectivity index (χ2n) is 7.07. The minimum Gasteiger partial charge on any atom is -0.493 e. The molecule has 0 atom stereocenters. The van der Waals surface area contributed by atoms with Crippen LogP contribution in [-0.2, 0) is 11.3 Å². The molecule has 31 heavy (non-hydrogen) atoms. The van der Waals surface area contributed by atoms with E-state index in [0.29, 0.717) is 28.6 Å². The molecule has 0 spiro atoms. The van der Waals surface area contributed by atoms with Gasteiger partial charge in [-0.1, -0.05) is 22.9 Å². The first-order chi connectivity index (χ1) is 14.8. The van der Waals surface area contributed by atoms with Crippen molar-refractivity contribution in [2.75, 3.05) is 24.9 Å². The Morgan fingerprint density at radius 2 is 1.71 bits per heavy atom. The third-order valence-corrected chi connectivity index (χ3v) is 4.79. The lowest BCUT2D eigenvalue weighted by Crippen LogP contribution is -2.21. The summed E-state index contributed by atoms with van der Waals surface area (Å²) in [5.74, 6) is 0.368. The number of hydrogen-bond donors (Lipinski definition) is 2. The van der Waals surface area contributed by atoms with Crippen LogP contribution in [0.3, 0.4) is 0 Å². The van der Waals surface area contributed by atoms with E-state index in [0.717, 1.165) is 11.1 Å². The Morgan fingerprint density at radius 3 is 2.39 bits per heavy atom. The first kappa shape index (κ1) is 21.8. The molecule has 0 radical (unpaired) electrons. The number of hydrogen-bond acceptors (Lipinski definition) is 6. The van der Waals surface area contributed by atoms with Gasteiger partial charge in [0, 0.05) is 17.4 Å². The third kappa shape index (κ3) is 5.00. The van der Waals surface area contributed by atoms with Crippen molar-refractivity contribution in [2.45, 2.75) is 27.3 Å². The summed E-state index contributed by atoms with van der Waals surface area (Å²) in [6, 6.07) is 10.8. The first-order valence-corrected chi connectivity index (χ1v) is 9.63. The maximum absolute atomic E-state index is 12.6. The number of methoxy groups -OCH3 is 2. The fraction of sp³-hybridized carbons (Fsp3) is 0.273. The summed E-state index contributed by atoms with van der Waals surface area (Å²) < 4.78 is 11.8. The maximum Gasteiger partial charge on any atom is 0.278 e. The van der Waals surface area contributed by atoms with E-state index >= 15 is 0 Å². The van der Waals surface area contributed by atoms with E-state index in [-0.39, 0.29) is 24.1 Å². The van der Waals surface area contributed by atoms with Gasteiger partial charge in [-0.2, -0.15) is 0 Å². The smallest absolute Gasteiger partial charge is 0.278 e. The molecule has 0 aliphatic heterocycles. The number of amides is 2. The Kier molecular flexibility index (Phi) is 6.54. The Hall–Kier alpha value is -3.88. The van der Waals surface area contributed by atoms with Gasteiger partial charge >= 0.3 is 0 Å². The third-order valence-electron chi connectivity index (χ3n) is 4.79. The molecule has 0 saturated carbocycles. The van der Waals surface area contributed by atoms with Crippen molar-refractivity contribution in [1.29, 1.82) is 0 Å². The van der Waals surface area contributed by atoms with Crippen LogP contribution in [0, 0.1) is 20.8 Å². The SMILES string of the molecule is COc1ccc(NC(=O)Cn2nnc(C(=O)Nc3ccc(C)cc3C)c2C)cc1OC. The summed E-state index contributed by atoms with van der Waals surface area (Å²) in [7, 11) is 3.06. The highest BCUT2D eigenvalue weighted by Crippen LogP contribution is 2.29. The normalized spacial score (nSPS) is 10.5. The first-order valence-electron chi connectivity index (χ1n) is 9.63. The molecule has 2 N–H and O–H groups in total. The Balaban J connectivity index is 1.68. The highest BCUT2D eigenvalue weighted by Gasteiger charge is 2.19. The minimum atomic E-state index is -0.379. The summed E-state index contributed by atoms with van der Waals surface area (Å²) >= 11 is 0. The van der Waals surface area contributed by atoms with Gasteiger partial charge in [0.15, 0.2) is 17.2 Å². The Bertz CT molecular complexity index is 1120. The largest absolute Gasteiger partial charge is 0.493 e. The standard InChI is InChI=1S/C22H25N5O4/c1-13-6-8-17(14(2)10-13)24-22(29)21-15(3)27(26-25-21)12-20(28)23-16-7-9-18(30-4)19(11-16)31-5/h6-11H,12H2,1-5H3,(H,23,28)(H,24,29). The molecule has 0 bridgehead atoms. The lowest BCUT2D eigenvalue weighted by molar-refractivity contribution is -0.117. The van der Waals surface area contributed by atoms with Crippen molar-refractivity contribution in [3.05, 3.63) is 58.9 Å². The number of ether oxygens (including phenoxy) is 2. The molecular weight excluding hydrogens is 398 g/mol. The molecule has 9 nitrogen and oxygen atoms in total. The summed E-state index contributed by atoms with van der Waals surface area (Å²) in [5.41, 5.74) is 3.97. The lowest BCUT2D eigenvalue weighted by Gasteiger charge is -2.11. The molecule has 0 aliphatic carbocycles. The Morgan fingerprint density at radius 1 is 0.968 bits per heavy atom. The van der Waals surface area contributed by atoms with Gasteiger partial charge in [-0.15, -0.1) is 5.10 Å². The number of aryl methyl sites for hydroxylation is 2. The van der Waals surface area contributed by atoms with Crippen molar-refractivity contribution in [3.8, 4) is 11.5 Å². The monoisotopic (exact) mass is 423 g/mol. The van der Waals surface area contributed by atoms with E-state index in [4.69, 9.17) is 9.47 Å². The molecule has 0 fully saturated rings. The van der Waals surface area contributed by atoms with Crippen LogP contribution >= 0.6 is 0 Å². The predicted octanol–water partition coefficient (Wildman–Crippen LogP) is 3.11. The number of carbonyl (C=O) groups is 2. The summed E-state index contributed by atoms with van der Waals surface area (Å²) in [6.45, 7) is 5.51. The Labute approximate surface area is 180 Å². The molecule has 0 aliphatic rings. The molecule has 3 aromatic rings. The molecule has 2 amide bonds. The van der Waals surface area contributed by atoms with Gasteiger partial charge in [0.05, 0.1) is 19.9 Å². The molecule has 1 heterocycles. The van der Waals surface area contributed by atoms with Gasteiger partial charge in [0.2, 0.25) is 5.91 Å². The average Bonchev–Trinajstić information content (AvgIpc) is 3.10. The zero-order valence-electron chi connectivity index (χ0n) is 18.1. The molecule has 162 valence electrons. The van der Waals surface area contributed by atoms with Crippen LogP contribution in [-0.4, -0.2) is 41.0 Å². The molecule has 0 unspecified atom stereocenters. The van der Waals surface area contributed by atoms with Crippen LogP contribution in [0.25, 0.3) is 0 Å². The number of benzene rings is 2. The van der Waals surface area contributed by atoms with Crippen molar-refractivity contribution in [3.63, 3.8) is 0 Å². The summed E-state index contributed by atoms with van der Waals surface area (Å²) in [4.78, 5) is 25.1. The number of carbonyl (C=O) groups excluding carboxylic acids is 2. The van der Waals surface area contributed by atoms with Crippen LogP contribution in [0.15, 0.2) is 36.4 Å². The van der Waals surface area contributed by atoms with Crippen LogP contribution < -0.4 is 20.1 Å². The van der Waals surface area contributed by atoms with Crippen molar-refractivity contribution in [2.24, 2.45) is 0 Å². The van der Waals surface area contributed by atoms with Crippen LogP contribution in [0.2, 0.25) is 0 Å². The van der Waals surface area contributed by atoms with Crippen molar-refractivity contribution in [1.82, 2.24) is 15.0 Å². The average molecular weight is 423 g/mol. The van der Waals surface area contributed by atoms with E-state index in [1.54, 1.807) is 25.1 Å². The van der Waals surface area contributed by atoms with E-state index < -0.39 is 0 Å². The summed E-state index contributed by atoms with van der Waals surface area (Å²) in [6.07, 6.45) is 0. The molecule has 1 aromatic heterocycles.